The van der Waals surface area contributed by atoms with E-state index in [0.29, 0.717) is 0 Å². The fourth-order valence-corrected chi connectivity index (χ4v) is 0.472. The summed E-state index contributed by atoms with van der Waals surface area (Å²) in [6.45, 7) is 2.53. The summed E-state index contributed by atoms with van der Waals surface area (Å²) < 4.78 is 8.53. The molecule has 0 aromatic carbocycles. The molecule has 0 aromatic rings. The largest absolute Gasteiger partial charge is 0.477 e. The smallest absolute Gasteiger partial charge is 0.342 e. The average molecular weight is 232 g/mol. The van der Waals surface area contributed by atoms with Crippen molar-refractivity contribution in [3.8, 4) is 0 Å². The van der Waals surface area contributed by atoms with E-state index in [1.807, 2.05) is 0 Å². The van der Waals surface area contributed by atoms with Crippen LogP contribution in [0.2, 0.25) is 0 Å². The highest BCUT2D eigenvalue weighted by molar-refractivity contribution is 6.11. The van der Waals surface area contributed by atoms with E-state index < -0.39 is 29.5 Å². The van der Waals surface area contributed by atoms with Crippen LogP contribution in [0.1, 0.15) is 6.42 Å². The molecule has 0 bridgehead atoms. The van der Waals surface area contributed by atoms with Gasteiger partial charge in [0.25, 0.3) is 0 Å². The average Bonchev–Trinajstić information content (AvgIpc) is 2.16. The van der Waals surface area contributed by atoms with Gasteiger partial charge in [-0.1, -0.05) is 6.58 Å². The zero-order chi connectivity index (χ0) is 12.7. The van der Waals surface area contributed by atoms with Crippen LogP contribution in [-0.4, -0.2) is 40.9 Å². The Morgan fingerprint density at radius 1 is 1.06 bits per heavy atom. The Kier molecular flexibility index (Phi) is 5.25. The van der Waals surface area contributed by atoms with Crippen LogP contribution < -0.4 is 0 Å². The Balaban J connectivity index is 0.000000281. The molecule has 0 aromatic heterocycles. The van der Waals surface area contributed by atoms with E-state index in [0.717, 1.165) is 0 Å². The maximum Gasteiger partial charge on any atom is 0.342 e. The summed E-state index contributed by atoms with van der Waals surface area (Å²) in [6.07, 6.45) is -0.250. The lowest BCUT2D eigenvalue weighted by Gasteiger charge is -2.09. The number of hydrogen-bond donors (Lipinski definition) is 2. The topological polar surface area (TPSA) is 127 Å². The van der Waals surface area contributed by atoms with Crippen molar-refractivity contribution in [2.45, 2.75) is 6.42 Å². The van der Waals surface area contributed by atoms with Crippen molar-refractivity contribution in [2.75, 3.05) is 6.79 Å². The molecule has 88 valence electrons. The predicted octanol–water partition coefficient (Wildman–Crippen LogP) is -0.854. The molecule has 1 heterocycles. The summed E-state index contributed by atoms with van der Waals surface area (Å²) in [5, 5.41) is 15.7. The minimum Gasteiger partial charge on any atom is -0.477 e. The summed E-state index contributed by atoms with van der Waals surface area (Å²) in [4.78, 5) is 39.6. The van der Waals surface area contributed by atoms with Crippen LogP contribution >= 0.6 is 0 Å². The van der Waals surface area contributed by atoms with E-state index in [2.05, 4.69) is 16.1 Å². The lowest BCUT2D eigenvalue weighted by Crippen LogP contribution is -2.22. The van der Waals surface area contributed by atoms with Gasteiger partial charge in [0.1, 0.15) is 12.0 Å². The second-order valence-corrected chi connectivity index (χ2v) is 2.42. The Morgan fingerprint density at radius 3 is 1.56 bits per heavy atom. The molecular formula is C8H8O8. The van der Waals surface area contributed by atoms with Crippen LogP contribution in [0.15, 0.2) is 12.2 Å². The quantitative estimate of drug-likeness (QED) is 0.272. The van der Waals surface area contributed by atoms with Crippen LogP contribution in [0.5, 0.6) is 0 Å². The number of carbonyl (C=O) groups excluding carboxylic acids is 2. The highest BCUT2D eigenvalue weighted by Gasteiger charge is 2.17. The highest BCUT2D eigenvalue weighted by atomic mass is 16.7. The molecule has 0 atom stereocenters. The third-order valence-electron chi connectivity index (χ3n) is 1.24. The second-order valence-electron chi connectivity index (χ2n) is 2.42. The van der Waals surface area contributed by atoms with E-state index in [4.69, 9.17) is 10.2 Å². The Bertz CT molecular complexity index is 312. The van der Waals surface area contributed by atoms with Crippen LogP contribution in [0.25, 0.3) is 0 Å². The van der Waals surface area contributed by atoms with Crippen molar-refractivity contribution in [3.05, 3.63) is 12.2 Å². The number of hydrogen-bond acceptors (Lipinski definition) is 6. The first-order chi connectivity index (χ1) is 7.34. The van der Waals surface area contributed by atoms with Gasteiger partial charge in [-0.3, -0.25) is 9.59 Å². The van der Waals surface area contributed by atoms with Gasteiger partial charge in [0.15, 0.2) is 0 Å². The van der Waals surface area contributed by atoms with Crippen molar-refractivity contribution in [1.29, 1.82) is 0 Å². The Hall–Kier alpha value is -2.38. The van der Waals surface area contributed by atoms with Crippen molar-refractivity contribution >= 4 is 23.9 Å². The van der Waals surface area contributed by atoms with E-state index in [1.165, 1.54) is 0 Å². The maximum absolute atomic E-state index is 10.2. The molecule has 1 aliphatic heterocycles. The first-order valence-corrected chi connectivity index (χ1v) is 3.81. The highest BCUT2D eigenvalue weighted by Crippen LogP contribution is 1.97. The summed E-state index contributed by atoms with van der Waals surface area (Å²) in [5.41, 5.74) is -0.815. The molecule has 16 heavy (non-hydrogen) atoms. The molecule has 0 aliphatic carbocycles. The van der Waals surface area contributed by atoms with Gasteiger partial charge >= 0.3 is 23.9 Å². The number of carbonyl (C=O) groups is 4. The third-order valence-corrected chi connectivity index (χ3v) is 1.24. The van der Waals surface area contributed by atoms with Gasteiger partial charge in [0.05, 0.1) is 0 Å². The van der Waals surface area contributed by atoms with Crippen molar-refractivity contribution < 1.29 is 38.9 Å². The van der Waals surface area contributed by atoms with Crippen molar-refractivity contribution in [3.63, 3.8) is 0 Å². The number of rotatable bonds is 2. The standard InChI is InChI=1S/2C4H4O4/c5-3-1-4(6)8-2-7-3;1-2(3(5)6)4(7)8/h1-2H2;1H2,(H,5,6)(H,7,8). The maximum atomic E-state index is 10.2. The number of esters is 2. The third kappa shape index (κ3) is 5.37. The molecule has 1 rings (SSSR count). The number of carboxylic acid groups (broad SMARTS) is 2. The van der Waals surface area contributed by atoms with Crippen LogP contribution in [0.4, 0.5) is 0 Å². The fraction of sp³-hybridized carbons (Fsp3) is 0.250. The van der Waals surface area contributed by atoms with Gasteiger partial charge < -0.3 is 19.7 Å². The lowest BCUT2D eigenvalue weighted by molar-refractivity contribution is -0.181. The zero-order valence-electron chi connectivity index (χ0n) is 7.97. The molecule has 1 fully saturated rings. The van der Waals surface area contributed by atoms with E-state index in [-0.39, 0.29) is 13.2 Å². The summed E-state index contributed by atoms with van der Waals surface area (Å²) >= 11 is 0. The van der Waals surface area contributed by atoms with Crippen molar-refractivity contribution in [2.24, 2.45) is 0 Å². The van der Waals surface area contributed by atoms with Gasteiger partial charge in [0.2, 0.25) is 6.79 Å². The molecule has 0 saturated carbocycles. The van der Waals surface area contributed by atoms with Gasteiger partial charge in [-0.2, -0.15) is 0 Å². The molecule has 8 nitrogen and oxygen atoms in total. The minimum absolute atomic E-state index is 0.225. The number of cyclic esters (lactones) is 2. The first-order valence-electron chi connectivity index (χ1n) is 3.81. The molecule has 2 N–H and O–H groups in total. The molecule has 8 heteroatoms. The van der Waals surface area contributed by atoms with Gasteiger partial charge in [-0.15, -0.1) is 0 Å². The SMILES string of the molecule is C=C(C(=O)O)C(=O)O.O=C1CC(=O)OCO1. The second kappa shape index (κ2) is 6.17. The summed E-state index contributed by atoms with van der Waals surface area (Å²) in [7, 11) is 0. The number of aliphatic carboxylic acids is 2. The summed E-state index contributed by atoms with van der Waals surface area (Å²) in [6, 6.07) is 0. The molecular weight excluding hydrogens is 224 g/mol. The lowest BCUT2D eigenvalue weighted by atomic mass is 10.3. The Labute approximate surface area is 89.1 Å². The van der Waals surface area contributed by atoms with E-state index in [1.54, 1.807) is 0 Å². The van der Waals surface area contributed by atoms with Crippen molar-refractivity contribution in [1.82, 2.24) is 0 Å². The number of ether oxygens (including phenoxy) is 2. The molecule has 0 radical (unpaired) electrons. The predicted molar refractivity (Wildman–Crippen MR) is 46.1 cm³/mol. The van der Waals surface area contributed by atoms with E-state index >= 15 is 0 Å². The summed E-state index contributed by atoms with van der Waals surface area (Å²) in [5.74, 6) is -4.03. The van der Waals surface area contributed by atoms with Crippen LogP contribution in [-0.2, 0) is 28.7 Å². The zero-order valence-corrected chi connectivity index (χ0v) is 7.97. The normalized spacial score (nSPS) is 13.8. The minimum atomic E-state index is -1.50. The molecule has 0 spiro atoms. The Morgan fingerprint density at radius 2 is 1.44 bits per heavy atom. The van der Waals surface area contributed by atoms with Gasteiger partial charge in [-0.05, 0) is 0 Å². The molecule has 1 aliphatic rings. The van der Waals surface area contributed by atoms with E-state index in [9.17, 15) is 19.2 Å². The first kappa shape index (κ1) is 13.6. The van der Waals surface area contributed by atoms with Crippen LogP contribution in [0.3, 0.4) is 0 Å². The van der Waals surface area contributed by atoms with Gasteiger partial charge in [-0.25, -0.2) is 9.59 Å². The fourth-order valence-electron chi connectivity index (χ4n) is 0.472. The molecule has 0 unspecified atom stereocenters. The van der Waals surface area contributed by atoms with Crippen LogP contribution in [0, 0.1) is 0 Å². The monoisotopic (exact) mass is 232 g/mol. The molecule has 1 saturated heterocycles. The number of carboxylic acids is 2. The van der Waals surface area contributed by atoms with Gasteiger partial charge in [0, 0.05) is 0 Å². The molecule has 0 amide bonds.